The first kappa shape index (κ1) is 27.3. The van der Waals surface area contributed by atoms with Gasteiger partial charge in [0.2, 0.25) is 5.76 Å². The molecule has 6 nitrogen and oxygen atoms in total. The molecule has 0 unspecified atom stereocenters. The van der Waals surface area contributed by atoms with Crippen LogP contribution in [0.5, 0.6) is 0 Å². The molecule has 2 saturated carbocycles. The molecule has 1 spiro atoms. The summed E-state index contributed by atoms with van der Waals surface area (Å²) in [4.78, 5) is 15.2. The van der Waals surface area contributed by atoms with Crippen molar-refractivity contribution in [1.82, 2.24) is 4.90 Å². The van der Waals surface area contributed by atoms with Crippen LogP contribution in [0.4, 0.5) is 0 Å². The van der Waals surface area contributed by atoms with Gasteiger partial charge in [0.1, 0.15) is 5.76 Å². The molecule has 0 aromatic heterocycles. The molecule has 2 saturated heterocycles. The Kier molecular flexibility index (Phi) is 6.86. The molecule has 6 heteroatoms. The Balaban J connectivity index is 1.32. The maximum absolute atomic E-state index is 12.5. The molecule has 0 bridgehead atoms. The minimum atomic E-state index is -0.368. The van der Waals surface area contributed by atoms with Gasteiger partial charge in [0.25, 0.3) is 0 Å². The number of aliphatic hydroxyl groups excluding tert-OH is 1. The molecule has 1 N–H and O–H groups in total. The lowest BCUT2D eigenvalue weighted by Gasteiger charge is -2.52. The van der Waals surface area contributed by atoms with Gasteiger partial charge in [0, 0.05) is 30.5 Å². The monoisotopic (exact) mass is 559 g/mol. The molecule has 0 amide bonds. The molecule has 6 aliphatic rings. The Morgan fingerprint density at radius 1 is 1.15 bits per heavy atom. The van der Waals surface area contributed by atoms with E-state index in [0.29, 0.717) is 46.0 Å². The van der Waals surface area contributed by atoms with Crippen LogP contribution < -0.4 is 0 Å². The molecule has 4 aliphatic heterocycles. The summed E-state index contributed by atoms with van der Waals surface area (Å²) in [5.74, 6) is 3.96. The zero-order valence-electron chi connectivity index (χ0n) is 25.0. The number of cyclic esters (lactones) is 1. The van der Waals surface area contributed by atoms with Gasteiger partial charge in [-0.3, -0.25) is 4.90 Å². The van der Waals surface area contributed by atoms with Crippen LogP contribution in [0.3, 0.4) is 0 Å². The normalized spacial score (nSPS) is 38.6. The number of allylic oxidation sites excluding steroid dienone is 1. The van der Waals surface area contributed by atoms with Crippen molar-refractivity contribution in [2.24, 2.45) is 29.1 Å². The fraction of sp³-hybridized carbons (Fsp3) is 0.629. The van der Waals surface area contributed by atoms with E-state index in [0.717, 1.165) is 31.6 Å². The van der Waals surface area contributed by atoms with Crippen molar-refractivity contribution < 1.29 is 24.1 Å². The van der Waals surface area contributed by atoms with Crippen LogP contribution in [0, 0.1) is 29.1 Å². The molecule has 4 fully saturated rings. The third kappa shape index (κ3) is 4.07. The topological polar surface area (TPSA) is 68.2 Å². The standard InChI is InChI=1S/C35H45NO5/c1-5-26(37)30-24-19-35(15-9-10-16-35)29(22-12-7-6-8-13-22)23(24)18-25-28-20(2)32(40-27(28)14-11-17-36(25)30)33-31(39-4)21(3)34(38)41-33/h6-8,12-14,20,23-26,28-30,37H,5,9-11,15-19H2,1-4H3/b33-32+/t20-,23-,24-,25-,26-,28+,29+,30-/m0/s1. The fourth-order valence-electron chi connectivity index (χ4n) is 10.2. The average Bonchev–Trinajstić information content (AvgIpc) is 3.70. The van der Waals surface area contributed by atoms with Crippen molar-refractivity contribution in [2.75, 3.05) is 13.7 Å². The molecule has 2 aliphatic carbocycles. The fourth-order valence-corrected chi connectivity index (χ4v) is 10.2. The first-order valence-electron chi connectivity index (χ1n) is 16.0. The first-order chi connectivity index (χ1) is 19.9. The van der Waals surface area contributed by atoms with E-state index in [4.69, 9.17) is 14.2 Å². The van der Waals surface area contributed by atoms with E-state index < -0.39 is 0 Å². The predicted molar refractivity (Wildman–Crippen MR) is 156 cm³/mol. The number of carbonyl (C=O) groups excluding carboxylic acids is 1. The quantitative estimate of drug-likeness (QED) is 0.428. The Morgan fingerprint density at radius 3 is 2.61 bits per heavy atom. The van der Waals surface area contributed by atoms with E-state index in [-0.39, 0.29) is 36.0 Å². The zero-order valence-corrected chi connectivity index (χ0v) is 25.0. The first-order valence-corrected chi connectivity index (χ1v) is 16.0. The molecule has 1 aromatic rings. The molecule has 0 radical (unpaired) electrons. The maximum Gasteiger partial charge on any atom is 0.343 e. The number of fused-ring (bicyclic) bond motifs is 4. The third-order valence-corrected chi connectivity index (χ3v) is 11.7. The van der Waals surface area contributed by atoms with Gasteiger partial charge in [-0.1, -0.05) is 57.0 Å². The number of ether oxygens (including phenoxy) is 3. The van der Waals surface area contributed by atoms with Crippen LogP contribution in [0.1, 0.15) is 83.6 Å². The van der Waals surface area contributed by atoms with E-state index in [9.17, 15) is 9.90 Å². The number of rotatable bonds is 4. The van der Waals surface area contributed by atoms with E-state index in [2.05, 4.69) is 55.2 Å². The zero-order chi connectivity index (χ0) is 28.5. The summed E-state index contributed by atoms with van der Waals surface area (Å²) in [5.41, 5.74) is 2.31. The lowest BCUT2D eigenvalue weighted by Crippen LogP contribution is -2.60. The second-order valence-corrected chi connectivity index (χ2v) is 13.5. The lowest BCUT2D eigenvalue weighted by atomic mass is 9.66. The molecule has 1 aromatic carbocycles. The van der Waals surface area contributed by atoms with Crippen molar-refractivity contribution in [2.45, 2.75) is 96.2 Å². The number of piperidine rings is 1. The number of methoxy groups -OCH3 is 1. The Labute approximate surface area is 244 Å². The number of hydrogen-bond acceptors (Lipinski definition) is 6. The third-order valence-electron chi connectivity index (χ3n) is 11.7. The summed E-state index contributed by atoms with van der Waals surface area (Å²) < 4.78 is 18.0. The summed E-state index contributed by atoms with van der Waals surface area (Å²) in [6.45, 7) is 7.04. The van der Waals surface area contributed by atoms with Crippen molar-refractivity contribution in [1.29, 1.82) is 0 Å². The van der Waals surface area contributed by atoms with Gasteiger partial charge in [-0.15, -0.1) is 0 Å². The summed E-state index contributed by atoms with van der Waals surface area (Å²) in [6.07, 6.45) is 11.1. The van der Waals surface area contributed by atoms with E-state index >= 15 is 0 Å². The van der Waals surface area contributed by atoms with E-state index in [1.54, 1.807) is 14.0 Å². The van der Waals surface area contributed by atoms with Gasteiger partial charge in [0.05, 0.1) is 18.8 Å². The Bertz CT molecular complexity index is 1290. The van der Waals surface area contributed by atoms with Gasteiger partial charge < -0.3 is 19.3 Å². The maximum atomic E-state index is 12.5. The molecular formula is C35H45NO5. The van der Waals surface area contributed by atoms with Gasteiger partial charge in [-0.25, -0.2) is 4.79 Å². The minimum Gasteiger partial charge on any atom is -0.492 e. The highest BCUT2D eigenvalue weighted by atomic mass is 16.6. The highest BCUT2D eigenvalue weighted by Gasteiger charge is 2.62. The minimum absolute atomic E-state index is 0.0266. The van der Waals surface area contributed by atoms with Crippen molar-refractivity contribution in [3.05, 3.63) is 70.6 Å². The molecule has 4 heterocycles. The molecular weight excluding hydrogens is 514 g/mol. The van der Waals surface area contributed by atoms with E-state index in [1.165, 1.54) is 37.7 Å². The summed E-state index contributed by atoms with van der Waals surface area (Å²) >= 11 is 0. The van der Waals surface area contributed by atoms with Crippen LogP contribution in [-0.2, 0) is 19.0 Å². The summed E-state index contributed by atoms with van der Waals surface area (Å²) in [5, 5.41) is 11.7. The Morgan fingerprint density at radius 2 is 1.90 bits per heavy atom. The van der Waals surface area contributed by atoms with Crippen LogP contribution in [0.25, 0.3) is 0 Å². The van der Waals surface area contributed by atoms with Gasteiger partial charge >= 0.3 is 5.97 Å². The van der Waals surface area contributed by atoms with E-state index in [1.807, 2.05) is 0 Å². The number of benzene rings is 1. The second-order valence-electron chi connectivity index (χ2n) is 13.5. The Hall–Kier alpha value is -2.57. The second kappa shape index (κ2) is 10.3. The molecule has 8 atom stereocenters. The summed E-state index contributed by atoms with van der Waals surface area (Å²) in [7, 11) is 1.58. The van der Waals surface area contributed by atoms with Crippen LogP contribution in [0.15, 0.2) is 65.0 Å². The van der Waals surface area contributed by atoms with Crippen molar-refractivity contribution in [3.63, 3.8) is 0 Å². The molecule has 220 valence electrons. The number of esters is 1. The average molecular weight is 560 g/mol. The molecule has 41 heavy (non-hydrogen) atoms. The number of aliphatic hydroxyl groups is 1. The smallest absolute Gasteiger partial charge is 0.343 e. The van der Waals surface area contributed by atoms with Crippen molar-refractivity contribution >= 4 is 5.97 Å². The highest BCUT2D eigenvalue weighted by molar-refractivity contribution is 5.93. The SMILES string of the molecule is CC[C@H](O)[C@@H]1[C@H]2CC3(CCCC3)[C@H](c3ccccc3)[C@H]2C[C@H]2[C@@H]3C(=CCCN12)O/C(=C1/OC(=O)C(C)=C1OC)[C@H]3C. The van der Waals surface area contributed by atoms with Gasteiger partial charge in [0.15, 0.2) is 11.5 Å². The van der Waals surface area contributed by atoms with Gasteiger partial charge in [-0.2, -0.15) is 0 Å². The van der Waals surface area contributed by atoms with Crippen LogP contribution in [-0.4, -0.2) is 47.8 Å². The summed E-state index contributed by atoms with van der Waals surface area (Å²) in [6, 6.07) is 11.7. The largest absolute Gasteiger partial charge is 0.492 e. The predicted octanol–water partition coefficient (Wildman–Crippen LogP) is 6.44. The van der Waals surface area contributed by atoms with Crippen molar-refractivity contribution in [3.8, 4) is 0 Å². The number of nitrogens with zero attached hydrogens (tertiary/aromatic N) is 1. The highest BCUT2D eigenvalue weighted by Crippen LogP contribution is 2.67. The van der Waals surface area contributed by atoms with Crippen LogP contribution >= 0.6 is 0 Å². The van der Waals surface area contributed by atoms with Crippen LogP contribution in [0.2, 0.25) is 0 Å². The number of hydrogen-bond donors (Lipinski definition) is 1. The number of carbonyl (C=O) groups is 1. The van der Waals surface area contributed by atoms with Gasteiger partial charge in [-0.05, 0) is 80.3 Å². The lowest BCUT2D eigenvalue weighted by molar-refractivity contribution is -0.133. The molecule has 7 rings (SSSR count).